The van der Waals surface area contributed by atoms with Crippen LogP contribution in [0, 0.1) is 0 Å². The highest BCUT2D eigenvalue weighted by Gasteiger charge is 2.25. The van der Waals surface area contributed by atoms with Gasteiger partial charge in [-0.15, -0.1) is 11.3 Å². The molecule has 1 aromatic carbocycles. The molecule has 0 bridgehead atoms. The summed E-state index contributed by atoms with van der Waals surface area (Å²) in [6.45, 7) is 1.84. The van der Waals surface area contributed by atoms with Gasteiger partial charge in [0, 0.05) is 11.4 Å². The maximum atomic E-state index is 12.4. The third-order valence-electron chi connectivity index (χ3n) is 3.25. The van der Waals surface area contributed by atoms with E-state index < -0.39 is 12.0 Å². The molecule has 2 rings (SSSR count). The molecule has 21 heavy (non-hydrogen) atoms. The summed E-state index contributed by atoms with van der Waals surface area (Å²) in [4.78, 5) is 26.0. The Labute approximate surface area is 127 Å². The lowest BCUT2D eigenvalue weighted by Gasteiger charge is -2.26. The third-order valence-corrected chi connectivity index (χ3v) is 4.12. The number of amides is 1. The molecule has 0 saturated heterocycles. The molecule has 0 aliphatic carbocycles. The number of hydrogen-bond acceptors (Lipinski definition) is 3. The van der Waals surface area contributed by atoms with E-state index in [9.17, 15) is 14.7 Å². The van der Waals surface area contributed by atoms with E-state index in [4.69, 9.17) is 0 Å². The largest absolute Gasteiger partial charge is 0.480 e. The van der Waals surface area contributed by atoms with E-state index in [0.717, 1.165) is 10.4 Å². The van der Waals surface area contributed by atoms with Gasteiger partial charge in [-0.3, -0.25) is 4.79 Å². The molecule has 0 aliphatic rings. The number of hydrogen-bond donors (Lipinski definition) is 1. The zero-order chi connectivity index (χ0) is 15.2. The smallest absolute Gasteiger partial charge is 0.326 e. The fourth-order valence-corrected chi connectivity index (χ4v) is 2.71. The Morgan fingerprint density at radius 3 is 2.48 bits per heavy atom. The van der Waals surface area contributed by atoms with Crippen LogP contribution in [0.5, 0.6) is 0 Å². The van der Waals surface area contributed by atoms with E-state index in [1.54, 1.807) is 0 Å². The molecule has 0 fully saturated rings. The molecule has 1 unspecified atom stereocenters. The van der Waals surface area contributed by atoms with Crippen molar-refractivity contribution in [2.24, 2.45) is 0 Å². The highest BCUT2D eigenvalue weighted by Crippen LogP contribution is 2.15. The van der Waals surface area contributed by atoms with Gasteiger partial charge in [0.2, 0.25) is 5.91 Å². The first-order valence-electron chi connectivity index (χ1n) is 6.66. The zero-order valence-corrected chi connectivity index (χ0v) is 12.5. The molecule has 0 saturated carbocycles. The van der Waals surface area contributed by atoms with Crippen LogP contribution in [0.1, 0.15) is 17.4 Å². The minimum absolute atomic E-state index is 0.170. The molecule has 5 heteroatoms. The highest BCUT2D eigenvalue weighted by molar-refractivity contribution is 7.10. The molecular formula is C16H17NO3S. The Morgan fingerprint density at radius 2 is 1.90 bits per heavy atom. The van der Waals surface area contributed by atoms with Crippen molar-refractivity contribution >= 4 is 23.2 Å². The van der Waals surface area contributed by atoms with Crippen molar-refractivity contribution in [3.63, 3.8) is 0 Å². The summed E-state index contributed by atoms with van der Waals surface area (Å²) in [7, 11) is 0. The first-order chi connectivity index (χ1) is 10.1. The van der Waals surface area contributed by atoms with Crippen molar-refractivity contribution in [3.05, 3.63) is 58.3 Å². The summed E-state index contributed by atoms with van der Waals surface area (Å²) in [5, 5.41) is 11.1. The number of carbonyl (C=O) groups is 2. The van der Waals surface area contributed by atoms with Crippen LogP contribution in [-0.4, -0.2) is 27.9 Å². The van der Waals surface area contributed by atoms with Gasteiger partial charge < -0.3 is 10.0 Å². The summed E-state index contributed by atoms with van der Waals surface area (Å²) >= 11 is 1.50. The van der Waals surface area contributed by atoms with Gasteiger partial charge in [-0.05, 0) is 23.9 Å². The number of nitrogens with zero attached hydrogens (tertiary/aromatic N) is 1. The lowest BCUT2D eigenvalue weighted by molar-refractivity contribution is -0.149. The molecule has 0 spiro atoms. The van der Waals surface area contributed by atoms with Crippen LogP contribution < -0.4 is 0 Å². The first-order valence-corrected chi connectivity index (χ1v) is 7.54. The molecule has 1 aromatic heterocycles. The molecule has 0 radical (unpaired) electrons. The summed E-state index contributed by atoms with van der Waals surface area (Å²) in [6, 6.07) is 12.3. The molecule has 1 atom stereocenters. The monoisotopic (exact) mass is 303 g/mol. The Bertz CT molecular complexity index is 595. The SMILES string of the molecule is CC(C(=O)O)N(Cc1ccccc1)C(=O)Cc1cccs1. The van der Waals surface area contributed by atoms with E-state index in [0.29, 0.717) is 6.54 Å². The van der Waals surface area contributed by atoms with Crippen LogP contribution in [0.2, 0.25) is 0 Å². The van der Waals surface area contributed by atoms with E-state index in [-0.39, 0.29) is 12.3 Å². The molecule has 2 aromatic rings. The van der Waals surface area contributed by atoms with Crippen LogP contribution in [0.25, 0.3) is 0 Å². The predicted octanol–water partition coefficient (Wildman–Crippen LogP) is 2.79. The van der Waals surface area contributed by atoms with Crippen LogP contribution >= 0.6 is 11.3 Å². The van der Waals surface area contributed by atoms with E-state index >= 15 is 0 Å². The molecule has 1 N–H and O–H groups in total. The first kappa shape index (κ1) is 15.3. The molecule has 1 heterocycles. The fraction of sp³-hybridized carbons (Fsp3) is 0.250. The van der Waals surface area contributed by atoms with Crippen LogP contribution in [0.3, 0.4) is 0 Å². The van der Waals surface area contributed by atoms with Gasteiger partial charge in [0.25, 0.3) is 0 Å². The summed E-state index contributed by atoms with van der Waals surface area (Å²) in [5.41, 5.74) is 0.921. The van der Waals surface area contributed by atoms with Gasteiger partial charge in [-0.25, -0.2) is 4.79 Å². The Morgan fingerprint density at radius 1 is 1.19 bits per heavy atom. The second-order valence-corrected chi connectivity index (χ2v) is 5.81. The second kappa shape index (κ2) is 7.04. The Kier molecular flexibility index (Phi) is 5.11. The molecule has 1 amide bonds. The number of benzene rings is 1. The average molecular weight is 303 g/mol. The summed E-state index contributed by atoms with van der Waals surface area (Å²) in [6.07, 6.45) is 0.238. The fourth-order valence-electron chi connectivity index (χ4n) is 2.02. The lowest BCUT2D eigenvalue weighted by atomic mass is 10.1. The van der Waals surface area contributed by atoms with Crippen molar-refractivity contribution in [1.82, 2.24) is 4.90 Å². The van der Waals surface area contributed by atoms with Crippen molar-refractivity contribution in [1.29, 1.82) is 0 Å². The highest BCUT2D eigenvalue weighted by atomic mass is 32.1. The summed E-state index contributed by atoms with van der Waals surface area (Å²) < 4.78 is 0. The molecule has 0 aliphatic heterocycles. The molecule has 4 nitrogen and oxygen atoms in total. The molecule has 110 valence electrons. The number of rotatable bonds is 6. The predicted molar refractivity (Wildman–Crippen MR) is 82.1 cm³/mol. The lowest BCUT2D eigenvalue weighted by Crippen LogP contribution is -2.43. The van der Waals surface area contributed by atoms with Gasteiger partial charge in [-0.2, -0.15) is 0 Å². The minimum atomic E-state index is -0.995. The van der Waals surface area contributed by atoms with Crippen molar-refractivity contribution < 1.29 is 14.7 Å². The number of carbonyl (C=O) groups excluding carboxylic acids is 1. The van der Waals surface area contributed by atoms with Gasteiger partial charge in [0.05, 0.1) is 6.42 Å². The van der Waals surface area contributed by atoms with Gasteiger partial charge in [-0.1, -0.05) is 36.4 Å². The standard InChI is InChI=1S/C16H17NO3S/c1-12(16(19)20)17(11-13-6-3-2-4-7-13)15(18)10-14-8-5-9-21-14/h2-9,12H,10-11H2,1H3,(H,19,20). The van der Waals surface area contributed by atoms with E-state index in [1.165, 1.54) is 23.2 Å². The minimum Gasteiger partial charge on any atom is -0.480 e. The number of carboxylic acids is 1. The maximum absolute atomic E-state index is 12.4. The summed E-state index contributed by atoms with van der Waals surface area (Å²) in [5.74, 6) is -1.17. The topological polar surface area (TPSA) is 57.6 Å². The van der Waals surface area contributed by atoms with Gasteiger partial charge in [0.1, 0.15) is 6.04 Å². The average Bonchev–Trinajstić information content (AvgIpc) is 2.97. The number of aliphatic carboxylic acids is 1. The van der Waals surface area contributed by atoms with E-state index in [2.05, 4.69) is 0 Å². The number of thiophene rings is 1. The number of carboxylic acid groups (broad SMARTS) is 1. The maximum Gasteiger partial charge on any atom is 0.326 e. The van der Waals surface area contributed by atoms with Crippen LogP contribution in [-0.2, 0) is 22.6 Å². The second-order valence-electron chi connectivity index (χ2n) is 4.78. The van der Waals surface area contributed by atoms with Gasteiger partial charge in [0.15, 0.2) is 0 Å². The third kappa shape index (κ3) is 4.16. The van der Waals surface area contributed by atoms with Gasteiger partial charge >= 0.3 is 5.97 Å². The zero-order valence-electron chi connectivity index (χ0n) is 11.7. The van der Waals surface area contributed by atoms with Crippen LogP contribution in [0.4, 0.5) is 0 Å². The quantitative estimate of drug-likeness (QED) is 0.892. The van der Waals surface area contributed by atoms with Crippen molar-refractivity contribution in [2.75, 3.05) is 0 Å². The normalized spacial score (nSPS) is 11.9. The molecular weight excluding hydrogens is 286 g/mol. The van der Waals surface area contributed by atoms with Crippen LogP contribution in [0.15, 0.2) is 47.8 Å². The van der Waals surface area contributed by atoms with E-state index in [1.807, 2.05) is 47.8 Å². The Balaban J connectivity index is 2.15. The Hall–Kier alpha value is -2.14. The van der Waals surface area contributed by atoms with Crippen molar-refractivity contribution in [3.8, 4) is 0 Å². The van der Waals surface area contributed by atoms with Crippen molar-refractivity contribution in [2.45, 2.75) is 25.9 Å².